The van der Waals surface area contributed by atoms with Crippen molar-refractivity contribution in [3.05, 3.63) is 17.3 Å². The number of fused-ring (bicyclic) bond motifs is 1. The van der Waals surface area contributed by atoms with E-state index in [0.717, 1.165) is 55.1 Å². The van der Waals surface area contributed by atoms with E-state index in [1.165, 1.54) is 12.7 Å². The van der Waals surface area contributed by atoms with Gasteiger partial charge in [-0.3, -0.25) is 0 Å². The third kappa shape index (κ3) is 2.97. The van der Waals surface area contributed by atoms with Gasteiger partial charge in [0.05, 0.1) is 11.8 Å². The van der Waals surface area contributed by atoms with Gasteiger partial charge in [0.25, 0.3) is 0 Å². The average Bonchev–Trinajstić information content (AvgIpc) is 3.16. The van der Waals surface area contributed by atoms with Gasteiger partial charge in [0.1, 0.15) is 17.0 Å². The lowest BCUT2D eigenvalue weighted by Gasteiger charge is -2.24. The van der Waals surface area contributed by atoms with Crippen LogP contribution in [0.2, 0.25) is 0 Å². The SMILES string of the molecule is CN1CCC2(CCN(c3ncnc4sc(CC(F)(F)F)cc34)C2)C1. The first-order chi connectivity index (χ1) is 11.3. The maximum Gasteiger partial charge on any atom is 0.393 e. The molecule has 0 N–H and O–H groups in total. The van der Waals surface area contributed by atoms with Gasteiger partial charge in [-0.05, 0) is 32.5 Å². The first kappa shape index (κ1) is 16.1. The highest BCUT2D eigenvalue weighted by atomic mass is 32.1. The Morgan fingerprint density at radius 1 is 1.21 bits per heavy atom. The molecule has 2 aromatic heterocycles. The van der Waals surface area contributed by atoms with E-state index in [9.17, 15) is 13.2 Å². The molecule has 2 aliphatic heterocycles. The van der Waals surface area contributed by atoms with E-state index in [4.69, 9.17) is 0 Å². The Bertz CT molecular complexity index is 759. The predicted octanol–water partition coefficient (Wildman–Crippen LogP) is 3.33. The van der Waals surface area contributed by atoms with Crippen LogP contribution < -0.4 is 4.90 Å². The smallest absolute Gasteiger partial charge is 0.355 e. The minimum Gasteiger partial charge on any atom is -0.355 e. The number of likely N-dealkylation sites (tertiary alicyclic amines) is 1. The fourth-order valence-electron chi connectivity index (χ4n) is 4.04. The van der Waals surface area contributed by atoms with Gasteiger partial charge in [0, 0.05) is 29.9 Å². The summed E-state index contributed by atoms with van der Waals surface area (Å²) in [4.78, 5) is 14.1. The molecular weight excluding hydrogens is 337 g/mol. The summed E-state index contributed by atoms with van der Waals surface area (Å²) in [5, 5.41) is 0.755. The summed E-state index contributed by atoms with van der Waals surface area (Å²) in [5.41, 5.74) is 0.302. The van der Waals surface area contributed by atoms with Crippen molar-refractivity contribution in [2.24, 2.45) is 5.41 Å². The number of rotatable bonds is 2. The number of aromatic nitrogens is 2. The van der Waals surface area contributed by atoms with Crippen LogP contribution in [0.4, 0.5) is 19.0 Å². The van der Waals surface area contributed by atoms with Crippen LogP contribution in [0.25, 0.3) is 10.2 Å². The highest BCUT2D eigenvalue weighted by molar-refractivity contribution is 7.18. The molecule has 2 saturated heterocycles. The molecule has 0 bridgehead atoms. The van der Waals surface area contributed by atoms with Gasteiger partial charge in [0.2, 0.25) is 0 Å². The van der Waals surface area contributed by atoms with Gasteiger partial charge in [0.15, 0.2) is 0 Å². The topological polar surface area (TPSA) is 32.3 Å². The molecule has 4 heterocycles. The first-order valence-electron chi connectivity index (χ1n) is 8.07. The van der Waals surface area contributed by atoms with Crippen molar-refractivity contribution in [2.75, 3.05) is 38.1 Å². The lowest BCUT2D eigenvalue weighted by atomic mass is 9.86. The summed E-state index contributed by atoms with van der Waals surface area (Å²) in [5.74, 6) is 0.788. The largest absolute Gasteiger partial charge is 0.393 e. The zero-order chi connectivity index (χ0) is 16.9. The van der Waals surface area contributed by atoms with Crippen molar-refractivity contribution in [3.63, 3.8) is 0 Å². The van der Waals surface area contributed by atoms with E-state index >= 15 is 0 Å². The van der Waals surface area contributed by atoms with Gasteiger partial charge < -0.3 is 9.80 Å². The average molecular weight is 356 g/mol. The lowest BCUT2D eigenvalue weighted by molar-refractivity contribution is -0.126. The van der Waals surface area contributed by atoms with Crippen molar-refractivity contribution >= 4 is 27.4 Å². The molecule has 4 nitrogen and oxygen atoms in total. The summed E-state index contributed by atoms with van der Waals surface area (Å²) in [7, 11) is 2.14. The Labute approximate surface area is 142 Å². The molecule has 4 rings (SSSR count). The maximum absolute atomic E-state index is 12.7. The maximum atomic E-state index is 12.7. The Morgan fingerprint density at radius 3 is 2.71 bits per heavy atom. The molecule has 1 atom stereocenters. The molecule has 1 unspecified atom stereocenters. The molecule has 0 aromatic carbocycles. The molecular formula is C16H19F3N4S. The number of anilines is 1. The molecule has 24 heavy (non-hydrogen) atoms. The van der Waals surface area contributed by atoms with Gasteiger partial charge in [-0.15, -0.1) is 11.3 Å². The Morgan fingerprint density at radius 2 is 2.00 bits per heavy atom. The standard InChI is InChI=1S/C16H19F3N4S/c1-22-4-2-15(8-22)3-5-23(9-15)13-12-6-11(7-16(17,18)19)24-14(12)21-10-20-13/h6,10H,2-5,7-9H2,1H3. The number of thiophene rings is 1. The molecule has 2 aliphatic rings. The van der Waals surface area contributed by atoms with E-state index in [1.807, 2.05) is 0 Å². The second-order valence-electron chi connectivity index (χ2n) is 7.08. The van der Waals surface area contributed by atoms with Crippen molar-refractivity contribution in [1.82, 2.24) is 14.9 Å². The monoisotopic (exact) mass is 356 g/mol. The minimum atomic E-state index is -4.19. The Hall–Kier alpha value is -1.41. The van der Waals surface area contributed by atoms with Crippen molar-refractivity contribution in [2.45, 2.75) is 25.4 Å². The minimum absolute atomic E-state index is 0.300. The second-order valence-corrected chi connectivity index (χ2v) is 8.20. The van der Waals surface area contributed by atoms with Crippen LogP contribution in [0.3, 0.4) is 0 Å². The summed E-state index contributed by atoms with van der Waals surface area (Å²) >= 11 is 1.12. The van der Waals surface area contributed by atoms with Gasteiger partial charge >= 0.3 is 6.18 Å². The van der Waals surface area contributed by atoms with E-state index in [1.54, 1.807) is 6.07 Å². The van der Waals surface area contributed by atoms with E-state index in [-0.39, 0.29) is 0 Å². The molecule has 0 saturated carbocycles. The van der Waals surface area contributed by atoms with Gasteiger partial charge in [-0.1, -0.05) is 0 Å². The molecule has 130 valence electrons. The second kappa shape index (κ2) is 5.56. The zero-order valence-electron chi connectivity index (χ0n) is 13.4. The van der Waals surface area contributed by atoms with Crippen LogP contribution in [-0.2, 0) is 6.42 Å². The van der Waals surface area contributed by atoms with Crippen LogP contribution in [0.1, 0.15) is 17.7 Å². The summed E-state index contributed by atoms with van der Waals surface area (Å²) in [6, 6.07) is 1.62. The molecule has 2 fully saturated rings. The molecule has 8 heteroatoms. The number of nitrogens with zero attached hydrogens (tertiary/aromatic N) is 4. The molecule has 0 radical (unpaired) electrons. The molecule has 1 spiro atoms. The van der Waals surface area contributed by atoms with Crippen molar-refractivity contribution < 1.29 is 13.2 Å². The summed E-state index contributed by atoms with van der Waals surface area (Å²) in [6.07, 6.45) is -1.33. The third-order valence-electron chi connectivity index (χ3n) is 5.10. The van der Waals surface area contributed by atoms with Crippen LogP contribution in [0, 0.1) is 5.41 Å². The van der Waals surface area contributed by atoms with Crippen LogP contribution in [0.15, 0.2) is 12.4 Å². The number of halogens is 3. The van der Waals surface area contributed by atoms with Gasteiger partial charge in [-0.2, -0.15) is 13.2 Å². The van der Waals surface area contributed by atoms with Gasteiger partial charge in [-0.25, -0.2) is 9.97 Å². The third-order valence-corrected chi connectivity index (χ3v) is 6.14. The van der Waals surface area contributed by atoms with E-state index < -0.39 is 12.6 Å². The predicted molar refractivity (Wildman–Crippen MR) is 88.6 cm³/mol. The van der Waals surface area contributed by atoms with Crippen LogP contribution >= 0.6 is 11.3 Å². The normalized spacial score (nSPS) is 25.4. The fourth-order valence-corrected chi connectivity index (χ4v) is 5.06. The highest BCUT2D eigenvalue weighted by Crippen LogP contribution is 2.42. The van der Waals surface area contributed by atoms with E-state index in [2.05, 4.69) is 26.8 Å². The number of hydrogen-bond donors (Lipinski definition) is 0. The lowest BCUT2D eigenvalue weighted by Crippen LogP contribution is -2.30. The fraction of sp³-hybridized carbons (Fsp3) is 0.625. The van der Waals surface area contributed by atoms with Crippen molar-refractivity contribution in [3.8, 4) is 0 Å². The van der Waals surface area contributed by atoms with Crippen LogP contribution in [-0.4, -0.2) is 54.3 Å². The number of alkyl halides is 3. The summed E-state index contributed by atoms with van der Waals surface area (Å²) < 4.78 is 38.0. The summed E-state index contributed by atoms with van der Waals surface area (Å²) in [6.45, 7) is 4.03. The Kier molecular flexibility index (Phi) is 3.72. The Balaban J connectivity index is 1.63. The van der Waals surface area contributed by atoms with E-state index in [0.29, 0.717) is 15.1 Å². The first-order valence-corrected chi connectivity index (χ1v) is 8.89. The number of hydrogen-bond acceptors (Lipinski definition) is 5. The molecule has 0 amide bonds. The molecule has 0 aliphatic carbocycles. The zero-order valence-corrected chi connectivity index (χ0v) is 14.3. The van der Waals surface area contributed by atoms with Crippen LogP contribution in [0.5, 0.6) is 0 Å². The quantitative estimate of drug-likeness (QED) is 0.826. The van der Waals surface area contributed by atoms with Crippen molar-refractivity contribution in [1.29, 1.82) is 0 Å². The molecule has 2 aromatic rings. The highest BCUT2D eigenvalue weighted by Gasteiger charge is 2.43.